The second-order valence-corrected chi connectivity index (χ2v) is 7.36. The molecule has 96 valence electrons. The number of hydrogen-bond donors (Lipinski definition) is 1. The van der Waals surface area contributed by atoms with Gasteiger partial charge in [-0.15, -0.1) is 11.3 Å². The average molecular weight is 393 g/mol. The summed E-state index contributed by atoms with van der Waals surface area (Å²) in [6.07, 6.45) is 0. The molecule has 1 heterocycles. The summed E-state index contributed by atoms with van der Waals surface area (Å²) in [5.41, 5.74) is 2.08. The van der Waals surface area contributed by atoms with E-state index in [9.17, 15) is 4.39 Å². The molecule has 1 unspecified atom stereocenters. The topological polar surface area (TPSA) is 12.0 Å². The average Bonchev–Trinajstić information content (AvgIpc) is 2.65. The summed E-state index contributed by atoms with van der Waals surface area (Å²) in [5, 5.41) is 3.25. The van der Waals surface area contributed by atoms with Crippen LogP contribution in [0.1, 0.15) is 22.0 Å². The highest BCUT2D eigenvalue weighted by Gasteiger charge is 2.20. The lowest BCUT2D eigenvalue weighted by Crippen LogP contribution is -2.18. The zero-order valence-corrected chi connectivity index (χ0v) is 13.9. The van der Waals surface area contributed by atoms with Crippen LogP contribution in [0, 0.1) is 12.7 Å². The van der Waals surface area contributed by atoms with Crippen molar-refractivity contribution < 1.29 is 4.39 Å². The van der Waals surface area contributed by atoms with Crippen molar-refractivity contribution in [3.05, 3.63) is 54.3 Å². The Morgan fingerprint density at radius 3 is 2.56 bits per heavy atom. The molecule has 2 rings (SSSR count). The first-order valence-electron chi connectivity index (χ1n) is 5.41. The van der Waals surface area contributed by atoms with Gasteiger partial charge in [-0.05, 0) is 69.1 Å². The van der Waals surface area contributed by atoms with Gasteiger partial charge in [-0.1, -0.05) is 12.1 Å². The lowest BCUT2D eigenvalue weighted by Gasteiger charge is -2.18. The molecule has 1 atom stereocenters. The van der Waals surface area contributed by atoms with E-state index in [0.29, 0.717) is 4.47 Å². The molecule has 0 aliphatic rings. The fourth-order valence-corrected chi connectivity index (χ4v) is 4.21. The lowest BCUT2D eigenvalue weighted by molar-refractivity contribution is 0.608. The summed E-state index contributed by atoms with van der Waals surface area (Å²) in [5.74, 6) is -0.236. The van der Waals surface area contributed by atoms with Crippen LogP contribution in [0.3, 0.4) is 0 Å². The minimum absolute atomic E-state index is 0.0161. The van der Waals surface area contributed by atoms with Gasteiger partial charge in [0.25, 0.3) is 0 Å². The second-order valence-electron chi connectivity index (χ2n) is 3.93. The highest BCUT2D eigenvalue weighted by Crippen LogP contribution is 2.36. The van der Waals surface area contributed by atoms with Gasteiger partial charge in [0.05, 0.1) is 14.3 Å². The van der Waals surface area contributed by atoms with Gasteiger partial charge in [-0.2, -0.15) is 0 Å². The third-order valence-corrected chi connectivity index (χ3v) is 5.22. The molecule has 0 saturated carbocycles. The fourth-order valence-electron chi connectivity index (χ4n) is 1.97. The monoisotopic (exact) mass is 391 g/mol. The Balaban J connectivity index is 2.52. The number of aryl methyl sites for hydroxylation is 1. The van der Waals surface area contributed by atoms with E-state index in [-0.39, 0.29) is 11.9 Å². The maximum atomic E-state index is 13.6. The Labute approximate surface area is 127 Å². The molecule has 0 aliphatic carbocycles. The third-order valence-electron chi connectivity index (χ3n) is 2.82. The molecule has 0 spiro atoms. The zero-order chi connectivity index (χ0) is 13.3. The van der Waals surface area contributed by atoms with Crippen LogP contribution in [-0.2, 0) is 0 Å². The number of thiophene rings is 1. The van der Waals surface area contributed by atoms with Crippen molar-refractivity contribution in [1.82, 2.24) is 5.32 Å². The van der Waals surface area contributed by atoms with Crippen molar-refractivity contribution in [2.45, 2.75) is 13.0 Å². The van der Waals surface area contributed by atoms with Crippen LogP contribution in [0.25, 0.3) is 0 Å². The number of hydrogen-bond acceptors (Lipinski definition) is 2. The number of nitrogens with one attached hydrogen (secondary N) is 1. The molecule has 0 saturated heterocycles. The van der Waals surface area contributed by atoms with Crippen molar-refractivity contribution in [2.24, 2.45) is 0 Å². The number of halogens is 3. The molecular formula is C13H12Br2FNS. The summed E-state index contributed by atoms with van der Waals surface area (Å²) in [4.78, 5) is 1.22. The van der Waals surface area contributed by atoms with Gasteiger partial charge in [0.1, 0.15) is 5.82 Å². The van der Waals surface area contributed by atoms with Crippen LogP contribution in [0.15, 0.2) is 32.5 Å². The highest BCUT2D eigenvalue weighted by atomic mass is 79.9. The van der Waals surface area contributed by atoms with E-state index in [2.05, 4.69) is 50.2 Å². The van der Waals surface area contributed by atoms with Crippen molar-refractivity contribution >= 4 is 43.2 Å². The van der Waals surface area contributed by atoms with E-state index in [1.165, 1.54) is 16.5 Å². The van der Waals surface area contributed by atoms with Gasteiger partial charge in [0.2, 0.25) is 0 Å². The molecule has 18 heavy (non-hydrogen) atoms. The third kappa shape index (κ3) is 2.69. The molecule has 1 N–H and O–H groups in total. The molecule has 0 aliphatic heterocycles. The summed E-state index contributed by atoms with van der Waals surface area (Å²) >= 11 is 8.50. The number of benzene rings is 1. The lowest BCUT2D eigenvalue weighted by atomic mass is 9.99. The Hall–Kier alpha value is -0.230. The smallest absolute Gasteiger partial charge is 0.137 e. The van der Waals surface area contributed by atoms with Gasteiger partial charge in [-0.25, -0.2) is 4.39 Å². The van der Waals surface area contributed by atoms with Crippen molar-refractivity contribution in [2.75, 3.05) is 7.05 Å². The first-order chi connectivity index (χ1) is 8.54. The van der Waals surface area contributed by atoms with Gasteiger partial charge in [0.15, 0.2) is 0 Å². The van der Waals surface area contributed by atoms with E-state index in [1.54, 1.807) is 17.4 Å². The standard InChI is InChI=1S/C13H12Br2FNS/c1-7-9(6-11(14)18-7)13(17-2)8-4-3-5-10(16)12(8)15/h3-6,13,17H,1-2H3. The minimum Gasteiger partial charge on any atom is -0.309 e. The Bertz CT molecular complexity index is 568. The highest BCUT2D eigenvalue weighted by molar-refractivity contribution is 9.11. The van der Waals surface area contributed by atoms with Crippen LogP contribution in [-0.4, -0.2) is 7.05 Å². The molecule has 0 amide bonds. The fraction of sp³-hybridized carbons (Fsp3) is 0.231. The molecule has 1 nitrogen and oxygen atoms in total. The second kappa shape index (κ2) is 5.82. The van der Waals surface area contributed by atoms with Gasteiger partial charge in [-0.3, -0.25) is 0 Å². The van der Waals surface area contributed by atoms with Crippen LogP contribution in [0.5, 0.6) is 0 Å². The summed E-state index contributed by atoms with van der Waals surface area (Å²) in [7, 11) is 1.88. The van der Waals surface area contributed by atoms with Crippen LogP contribution >= 0.6 is 43.2 Å². The first-order valence-corrected chi connectivity index (χ1v) is 7.82. The molecule has 0 radical (unpaired) electrons. The van der Waals surface area contributed by atoms with Gasteiger partial charge >= 0.3 is 0 Å². The molecule has 0 fully saturated rings. The summed E-state index contributed by atoms with van der Waals surface area (Å²) in [6.45, 7) is 2.07. The molecule has 2 aromatic rings. The van der Waals surface area contributed by atoms with Crippen molar-refractivity contribution in [3.8, 4) is 0 Å². The SMILES string of the molecule is CNC(c1cc(Br)sc1C)c1cccc(F)c1Br. The van der Waals surface area contributed by atoms with E-state index < -0.39 is 0 Å². The molecule has 0 bridgehead atoms. The van der Waals surface area contributed by atoms with E-state index in [4.69, 9.17) is 0 Å². The molecule has 5 heteroatoms. The van der Waals surface area contributed by atoms with Crippen LogP contribution in [0.2, 0.25) is 0 Å². The predicted octanol–water partition coefficient (Wildman–Crippen LogP) is 5.03. The summed E-state index contributed by atoms with van der Waals surface area (Å²) < 4.78 is 15.2. The predicted molar refractivity (Wildman–Crippen MR) is 81.8 cm³/mol. The quantitative estimate of drug-likeness (QED) is 0.772. The Morgan fingerprint density at radius 1 is 1.28 bits per heavy atom. The van der Waals surface area contributed by atoms with E-state index >= 15 is 0 Å². The Kier molecular flexibility index (Phi) is 4.59. The van der Waals surface area contributed by atoms with E-state index in [1.807, 2.05) is 13.1 Å². The van der Waals surface area contributed by atoms with Crippen molar-refractivity contribution in [1.29, 1.82) is 0 Å². The number of rotatable bonds is 3. The maximum Gasteiger partial charge on any atom is 0.137 e. The van der Waals surface area contributed by atoms with E-state index in [0.717, 1.165) is 9.35 Å². The van der Waals surface area contributed by atoms with Gasteiger partial charge < -0.3 is 5.32 Å². The van der Waals surface area contributed by atoms with Crippen molar-refractivity contribution in [3.63, 3.8) is 0 Å². The molecule has 1 aromatic heterocycles. The first kappa shape index (κ1) is 14.2. The Morgan fingerprint density at radius 2 is 2.00 bits per heavy atom. The zero-order valence-electron chi connectivity index (χ0n) is 9.93. The van der Waals surface area contributed by atoms with Crippen LogP contribution < -0.4 is 5.32 Å². The minimum atomic E-state index is -0.236. The maximum absolute atomic E-state index is 13.6. The molecular weight excluding hydrogens is 381 g/mol. The summed E-state index contributed by atoms with van der Waals surface area (Å²) in [6, 6.07) is 7.18. The molecule has 1 aromatic carbocycles. The van der Waals surface area contributed by atoms with Gasteiger partial charge in [0, 0.05) is 4.88 Å². The van der Waals surface area contributed by atoms with Crippen LogP contribution in [0.4, 0.5) is 4.39 Å². The largest absolute Gasteiger partial charge is 0.309 e. The normalized spacial score (nSPS) is 12.7.